The molecule has 0 radical (unpaired) electrons. The number of anilines is 1. The summed E-state index contributed by atoms with van der Waals surface area (Å²) in [5.74, 6) is 0.722. The highest BCUT2D eigenvalue weighted by atomic mass is 35.5. The average Bonchev–Trinajstić information content (AvgIpc) is 3.26. The van der Waals surface area contributed by atoms with E-state index in [0.717, 1.165) is 33.7 Å². The molecule has 9 heteroatoms. The standard InChI is InChI=1S/C23H18ClN3O4S/c24-17-11-15(25-5-3-13-1-2-18-19(9-13)31-7-6-30-18)10-16(20(17)23(28)29)21-26-12-14-4-8-32-22(14)27-21/h1-2,4,8-12,25H,3,5-7H2,(H,28,29). The van der Waals surface area contributed by atoms with Gasteiger partial charge in [0.1, 0.15) is 18.0 Å². The van der Waals surface area contributed by atoms with Crippen LogP contribution in [0.15, 0.2) is 48.0 Å². The fraction of sp³-hybridized carbons (Fsp3) is 0.174. The highest BCUT2D eigenvalue weighted by Gasteiger charge is 2.20. The van der Waals surface area contributed by atoms with Gasteiger partial charge in [-0.2, -0.15) is 0 Å². The van der Waals surface area contributed by atoms with Crippen molar-refractivity contribution in [3.63, 3.8) is 0 Å². The number of halogens is 1. The Morgan fingerprint density at radius 1 is 1.16 bits per heavy atom. The van der Waals surface area contributed by atoms with E-state index in [1.165, 1.54) is 11.3 Å². The van der Waals surface area contributed by atoms with Crippen LogP contribution < -0.4 is 14.8 Å². The second kappa shape index (κ2) is 8.64. The van der Waals surface area contributed by atoms with Crippen LogP contribution in [-0.4, -0.2) is 40.8 Å². The third-order valence-corrected chi connectivity index (χ3v) is 6.22. The van der Waals surface area contributed by atoms with E-state index in [1.807, 2.05) is 29.6 Å². The van der Waals surface area contributed by atoms with E-state index in [9.17, 15) is 9.90 Å². The molecule has 0 aliphatic carbocycles. The van der Waals surface area contributed by atoms with Gasteiger partial charge in [0, 0.05) is 29.4 Å². The molecule has 1 aliphatic rings. The number of carboxylic acids is 1. The minimum absolute atomic E-state index is 0.0139. The van der Waals surface area contributed by atoms with Gasteiger partial charge in [-0.05, 0) is 47.7 Å². The second-order valence-corrected chi connectivity index (χ2v) is 8.52. The summed E-state index contributed by atoms with van der Waals surface area (Å²) in [6, 6.07) is 11.2. The summed E-state index contributed by atoms with van der Waals surface area (Å²) in [5, 5.41) is 16.0. The molecule has 0 saturated heterocycles. The van der Waals surface area contributed by atoms with E-state index < -0.39 is 5.97 Å². The third-order valence-electron chi connectivity index (χ3n) is 5.10. The number of hydrogen-bond donors (Lipinski definition) is 2. The van der Waals surface area contributed by atoms with Crippen LogP contribution in [0.4, 0.5) is 5.69 Å². The van der Waals surface area contributed by atoms with Gasteiger partial charge >= 0.3 is 5.97 Å². The van der Waals surface area contributed by atoms with Gasteiger partial charge in [-0.15, -0.1) is 11.3 Å². The van der Waals surface area contributed by atoms with Crippen molar-refractivity contribution in [1.29, 1.82) is 0 Å². The first-order valence-corrected chi connectivity index (χ1v) is 11.2. The third kappa shape index (κ3) is 4.06. The van der Waals surface area contributed by atoms with Crippen molar-refractivity contribution >= 4 is 44.8 Å². The van der Waals surface area contributed by atoms with Crippen LogP contribution in [0.25, 0.3) is 21.6 Å². The Morgan fingerprint density at radius 3 is 2.84 bits per heavy atom. The maximum absolute atomic E-state index is 11.9. The maximum Gasteiger partial charge on any atom is 0.337 e. The highest BCUT2D eigenvalue weighted by molar-refractivity contribution is 7.16. The number of nitrogens with one attached hydrogen (secondary N) is 1. The lowest BCUT2D eigenvalue weighted by atomic mass is 10.0. The van der Waals surface area contributed by atoms with Crippen LogP contribution in [0.1, 0.15) is 15.9 Å². The van der Waals surface area contributed by atoms with Crippen LogP contribution >= 0.6 is 22.9 Å². The molecule has 3 heterocycles. The molecule has 0 amide bonds. The van der Waals surface area contributed by atoms with Crippen molar-refractivity contribution < 1.29 is 19.4 Å². The molecule has 0 unspecified atom stereocenters. The molecule has 32 heavy (non-hydrogen) atoms. The molecule has 0 spiro atoms. The Bertz CT molecular complexity index is 1320. The summed E-state index contributed by atoms with van der Waals surface area (Å²) in [6.45, 7) is 1.73. The molecule has 2 aromatic heterocycles. The number of benzene rings is 2. The first-order valence-electron chi connectivity index (χ1n) is 9.98. The minimum atomic E-state index is -1.12. The first-order chi connectivity index (χ1) is 15.6. The summed E-state index contributed by atoms with van der Waals surface area (Å²) in [6.07, 6.45) is 2.43. The molecule has 0 bridgehead atoms. The molecule has 0 atom stereocenters. The molecule has 4 aromatic rings. The van der Waals surface area contributed by atoms with Crippen LogP contribution in [-0.2, 0) is 6.42 Å². The zero-order valence-corrected chi connectivity index (χ0v) is 18.4. The van der Waals surface area contributed by atoms with E-state index >= 15 is 0 Å². The smallest absolute Gasteiger partial charge is 0.337 e. The van der Waals surface area contributed by atoms with Crippen molar-refractivity contribution in [3.05, 3.63) is 64.1 Å². The summed E-state index contributed by atoms with van der Waals surface area (Å²) in [7, 11) is 0. The van der Waals surface area contributed by atoms with Gasteiger partial charge in [0.15, 0.2) is 17.3 Å². The Kier molecular flexibility index (Phi) is 5.55. The number of aromatic nitrogens is 2. The van der Waals surface area contributed by atoms with Gasteiger partial charge < -0.3 is 19.9 Å². The van der Waals surface area contributed by atoms with Gasteiger partial charge in [-0.1, -0.05) is 17.7 Å². The Labute approximate surface area is 192 Å². The molecule has 0 saturated carbocycles. The van der Waals surface area contributed by atoms with Crippen molar-refractivity contribution in [3.8, 4) is 22.9 Å². The maximum atomic E-state index is 11.9. The number of thiophene rings is 1. The molecule has 2 N–H and O–H groups in total. The number of aromatic carboxylic acids is 1. The molecule has 2 aromatic carbocycles. The largest absolute Gasteiger partial charge is 0.486 e. The normalized spacial score (nSPS) is 12.7. The lowest BCUT2D eigenvalue weighted by Crippen LogP contribution is -2.15. The number of rotatable bonds is 6. The van der Waals surface area contributed by atoms with Gasteiger partial charge in [0.2, 0.25) is 0 Å². The number of fused-ring (bicyclic) bond motifs is 2. The van der Waals surface area contributed by atoms with Crippen molar-refractivity contribution in [2.24, 2.45) is 0 Å². The summed E-state index contributed by atoms with van der Waals surface area (Å²) in [4.78, 5) is 21.6. The highest BCUT2D eigenvalue weighted by Crippen LogP contribution is 2.33. The van der Waals surface area contributed by atoms with Gasteiger partial charge in [-0.25, -0.2) is 14.8 Å². The summed E-state index contributed by atoms with van der Waals surface area (Å²) in [5.41, 5.74) is 2.16. The zero-order valence-electron chi connectivity index (χ0n) is 16.8. The zero-order chi connectivity index (χ0) is 22.1. The molecule has 5 rings (SSSR count). The van der Waals surface area contributed by atoms with Crippen molar-refractivity contribution in [2.75, 3.05) is 25.1 Å². The van der Waals surface area contributed by atoms with Gasteiger partial charge in [-0.3, -0.25) is 0 Å². The van der Waals surface area contributed by atoms with Crippen LogP contribution in [0.2, 0.25) is 5.02 Å². The van der Waals surface area contributed by atoms with Gasteiger partial charge in [0.25, 0.3) is 0 Å². The van der Waals surface area contributed by atoms with E-state index in [0.29, 0.717) is 36.8 Å². The van der Waals surface area contributed by atoms with E-state index in [2.05, 4.69) is 15.3 Å². The monoisotopic (exact) mass is 467 g/mol. The number of nitrogens with zero attached hydrogens (tertiary/aromatic N) is 2. The number of ether oxygens (including phenoxy) is 2. The molecular weight excluding hydrogens is 450 g/mol. The van der Waals surface area contributed by atoms with E-state index in [4.69, 9.17) is 21.1 Å². The Balaban J connectivity index is 1.39. The van der Waals surface area contributed by atoms with Crippen LogP contribution in [0, 0.1) is 0 Å². The SMILES string of the molecule is O=C(O)c1c(Cl)cc(NCCc2ccc3c(c2)OCCO3)cc1-c1ncc2ccsc2n1. The second-order valence-electron chi connectivity index (χ2n) is 7.22. The lowest BCUT2D eigenvalue weighted by molar-refractivity contribution is 0.0698. The van der Waals surface area contributed by atoms with E-state index in [-0.39, 0.29) is 10.6 Å². The molecule has 0 fully saturated rings. The predicted octanol–water partition coefficient (Wildman–Crippen LogP) is 5.14. The topological polar surface area (TPSA) is 93.6 Å². The first kappa shape index (κ1) is 20.5. The summed E-state index contributed by atoms with van der Waals surface area (Å²) < 4.78 is 11.2. The lowest BCUT2D eigenvalue weighted by Gasteiger charge is -2.19. The van der Waals surface area contributed by atoms with Crippen molar-refractivity contribution in [1.82, 2.24) is 9.97 Å². The average molecular weight is 468 g/mol. The number of carbonyl (C=O) groups is 1. The quantitative estimate of drug-likeness (QED) is 0.405. The number of hydrogen-bond acceptors (Lipinski definition) is 7. The minimum Gasteiger partial charge on any atom is -0.486 e. The molecule has 7 nitrogen and oxygen atoms in total. The fourth-order valence-corrected chi connectivity index (χ4v) is 4.62. The Morgan fingerprint density at radius 2 is 2.00 bits per heavy atom. The fourth-order valence-electron chi connectivity index (χ4n) is 3.58. The predicted molar refractivity (Wildman–Crippen MR) is 124 cm³/mol. The number of carboxylic acid groups (broad SMARTS) is 1. The summed E-state index contributed by atoms with van der Waals surface area (Å²) >= 11 is 7.82. The van der Waals surface area contributed by atoms with Crippen molar-refractivity contribution in [2.45, 2.75) is 6.42 Å². The van der Waals surface area contributed by atoms with Gasteiger partial charge in [0.05, 0.1) is 10.6 Å². The molecule has 1 aliphatic heterocycles. The van der Waals surface area contributed by atoms with Crippen LogP contribution in [0.3, 0.4) is 0 Å². The van der Waals surface area contributed by atoms with E-state index in [1.54, 1.807) is 18.3 Å². The molecular formula is C23H18ClN3O4S. The molecule has 162 valence electrons. The Hall–Kier alpha value is -3.36. The van der Waals surface area contributed by atoms with Crippen LogP contribution in [0.5, 0.6) is 11.5 Å².